The SMILES string of the molecule is Cc1ccccc1NC(=O)Cn1ncc2ccc([N+](=O)[O-])cc21. The number of carbonyl (C=O) groups excluding carboxylic acids is 1. The molecule has 7 nitrogen and oxygen atoms in total. The predicted molar refractivity (Wildman–Crippen MR) is 86.2 cm³/mol. The van der Waals surface area contributed by atoms with Gasteiger partial charge in [-0.15, -0.1) is 0 Å². The molecule has 0 aliphatic heterocycles. The number of aromatic nitrogens is 2. The maximum Gasteiger partial charge on any atom is 0.271 e. The van der Waals surface area contributed by atoms with E-state index in [0.29, 0.717) is 5.52 Å². The number of aryl methyl sites for hydroxylation is 1. The molecule has 0 saturated heterocycles. The number of nitrogens with one attached hydrogen (secondary N) is 1. The molecule has 7 heteroatoms. The number of non-ortho nitro benzene ring substituents is 1. The summed E-state index contributed by atoms with van der Waals surface area (Å²) in [6.07, 6.45) is 1.58. The highest BCUT2D eigenvalue weighted by atomic mass is 16.6. The second-order valence-corrected chi connectivity index (χ2v) is 5.17. The number of nitro benzene ring substituents is 1. The molecule has 2 aromatic carbocycles. The van der Waals surface area contributed by atoms with E-state index >= 15 is 0 Å². The normalized spacial score (nSPS) is 10.7. The van der Waals surface area contributed by atoms with E-state index in [0.717, 1.165) is 16.6 Å². The summed E-state index contributed by atoms with van der Waals surface area (Å²) in [5.41, 5.74) is 2.22. The Bertz CT molecular complexity index is 901. The zero-order valence-corrected chi connectivity index (χ0v) is 12.4. The molecule has 1 heterocycles. The van der Waals surface area contributed by atoms with Gasteiger partial charge in [0.2, 0.25) is 5.91 Å². The zero-order valence-electron chi connectivity index (χ0n) is 12.4. The molecule has 0 fully saturated rings. The van der Waals surface area contributed by atoms with Crippen molar-refractivity contribution in [3.8, 4) is 0 Å². The molecule has 0 aliphatic rings. The van der Waals surface area contributed by atoms with Gasteiger partial charge >= 0.3 is 0 Å². The van der Waals surface area contributed by atoms with Gasteiger partial charge < -0.3 is 5.32 Å². The summed E-state index contributed by atoms with van der Waals surface area (Å²) in [5.74, 6) is -0.240. The summed E-state index contributed by atoms with van der Waals surface area (Å²) >= 11 is 0. The molecule has 3 rings (SSSR count). The molecule has 116 valence electrons. The topological polar surface area (TPSA) is 90.1 Å². The van der Waals surface area contributed by atoms with Crippen molar-refractivity contribution in [2.24, 2.45) is 0 Å². The molecule has 0 aliphatic carbocycles. The standard InChI is InChI=1S/C16H14N4O3/c1-11-4-2-3-5-14(11)18-16(21)10-19-15-8-13(20(22)23)7-6-12(15)9-17-19/h2-9H,10H2,1H3,(H,18,21). The number of nitrogens with zero attached hydrogens (tertiary/aromatic N) is 3. The van der Waals surface area contributed by atoms with Crippen LogP contribution in [0.1, 0.15) is 5.56 Å². The van der Waals surface area contributed by atoms with E-state index in [2.05, 4.69) is 10.4 Å². The molecule has 0 spiro atoms. The zero-order chi connectivity index (χ0) is 16.4. The van der Waals surface area contributed by atoms with Crippen molar-refractivity contribution >= 4 is 28.2 Å². The Morgan fingerprint density at radius 3 is 2.83 bits per heavy atom. The molecule has 23 heavy (non-hydrogen) atoms. The molecule has 0 radical (unpaired) electrons. The minimum atomic E-state index is -0.468. The number of carbonyl (C=O) groups is 1. The number of anilines is 1. The van der Waals surface area contributed by atoms with Crippen LogP contribution in [0.4, 0.5) is 11.4 Å². The van der Waals surface area contributed by atoms with Crippen LogP contribution in [0.2, 0.25) is 0 Å². The number of hydrogen-bond acceptors (Lipinski definition) is 4. The smallest absolute Gasteiger partial charge is 0.271 e. The van der Waals surface area contributed by atoms with Crippen LogP contribution >= 0.6 is 0 Å². The number of rotatable bonds is 4. The fourth-order valence-corrected chi connectivity index (χ4v) is 2.34. The second kappa shape index (κ2) is 5.88. The molecular weight excluding hydrogens is 296 g/mol. The third kappa shape index (κ3) is 3.03. The van der Waals surface area contributed by atoms with Crippen LogP contribution in [-0.4, -0.2) is 20.6 Å². The Kier molecular flexibility index (Phi) is 3.76. The maximum absolute atomic E-state index is 12.2. The molecule has 3 aromatic rings. The Hall–Kier alpha value is -3.22. The highest BCUT2D eigenvalue weighted by Crippen LogP contribution is 2.21. The van der Waals surface area contributed by atoms with Crippen LogP contribution in [0.5, 0.6) is 0 Å². The average Bonchev–Trinajstić information content (AvgIpc) is 2.92. The fraction of sp³-hybridized carbons (Fsp3) is 0.125. The van der Waals surface area contributed by atoms with Crippen molar-refractivity contribution in [2.75, 3.05) is 5.32 Å². The van der Waals surface area contributed by atoms with Crippen LogP contribution < -0.4 is 5.32 Å². The lowest BCUT2D eigenvalue weighted by Crippen LogP contribution is -2.19. The first kappa shape index (κ1) is 14.7. The van der Waals surface area contributed by atoms with Crippen molar-refractivity contribution < 1.29 is 9.72 Å². The van der Waals surface area contributed by atoms with E-state index < -0.39 is 4.92 Å². The van der Waals surface area contributed by atoms with Crippen molar-refractivity contribution in [1.82, 2.24) is 9.78 Å². The molecule has 0 unspecified atom stereocenters. The summed E-state index contributed by atoms with van der Waals surface area (Å²) in [4.78, 5) is 22.6. The van der Waals surface area contributed by atoms with Gasteiger partial charge in [0, 0.05) is 23.2 Å². The molecule has 0 atom stereocenters. The van der Waals surface area contributed by atoms with Crippen molar-refractivity contribution in [2.45, 2.75) is 13.5 Å². The minimum absolute atomic E-state index is 0.0149. The van der Waals surface area contributed by atoms with Crippen LogP contribution in [0, 0.1) is 17.0 Å². The predicted octanol–water partition coefficient (Wildman–Crippen LogP) is 2.89. The molecule has 1 amide bonds. The van der Waals surface area contributed by atoms with Gasteiger partial charge in [-0.1, -0.05) is 18.2 Å². The van der Waals surface area contributed by atoms with Gasteiger partial charge in [-0.05, 0) is 24.6 Å². The van der Waals surface area contributed by atoms with Gasteiger partial charge in [0.05, 0.1) is 16.6 Å². The Morgan fingerprint density at radius 2 is 2.09 bits per heavy atom. The summed E-state index contributed by atoms with van der Waals surface area (Å²) < 4.78 is 1.45. The number of amides is 1. The van der Waals surface area contributed by atoms with Crippen molar-refractivity contribution in [3.63, 3.8) is 0 Å². The quantitative estimate of drug-likeness (QED) is 0.592. The van der Waals surface area contributed by atoms with Gasteiger partial charge in [-0.3, -0.25) is 19.6 Å². The van der Waals surface area contributed by atoms with Crippen LogP contribution in [-0.2, 0) is 11.3 Å². The van der Waals surface area contributed by atoms with Gasteiger partial charge in [0.15, 0.2) is 0 Å². The monoisotopic (exact) mass is 310 g/mol. The first-order chi connectivity index (χ1) is 11.0. The second-order valence-electron chi connectivity index (χ2n) is 5.17. The summed E-state index contributed by atoms with van der Waals surface area (Å²) in [6.45, 7) is 1.89. The maximum atomic E-state index is 12.2. The summed E-state index contributed by atoms with van der Waals surface area (Å²) in [5, 5.41) is 18.6. The first-order valence-corrected chi connectivity index (χ1v) is 7.00. The lowest BCUT2D eigenvalue weighted by atomic mass is 10.2. The van der Waals surface area contributed by atoms with E-state index in [1.165, 1.54) is 16.8 Å². The van der Waals surface area contributed by atoms with E-state index in [1.54, 1.807) is 12.3 Å². The molecular formula is C16H14N4O3. The van der Waals surface area contributed by atoms with Gasteiger partial charge in [-0.25, -0.2) is 0 Å². The van der Waals surface area contributed by atoms with Crippen LogP contribution in [0.25, 0.3) is 10.9 Å². The van der Waals surface area contributed by atoms with Crippen LogP contribution in [0.3, 0.4) is 0 Å². The first-order valence-electron chi connectivity index (χ1n) is 7.00. The third-order valence-corrected chi connectivity index (χ3v) is 3.55. The Labute approximate surface area is 131 Å². The number of hydrogen-bond donors (Lipinski definition) is 1. The van der Waals surface area contributed by atoms with Gasteiger partial charge in [-0.2, -0.15) is 5.10 Å². The molecule has 0 bridgehead atoms. The minimum Gasteiger partial charge on any atom is -0.324 e. The van der Waals surface area contributed by atoms with E-state index in [4.69, 9.17) is 0 Å². The molecule has 1 N–H and O–H groups in total. The number of fused-ring (bicyclic) bond motifs is 1. The van der Waals surface area contributed by atoms with E-state index in [9.17, 15) is 14.9 Å². The molecule has 1 aromatic heterocycles. The lowest BCUT2D eigenvalue weighted by Gasteiger charge is -2.08. The number of para-hydroxylation sites is 1. The van der Waals surface area contributed by atoms with Crippen molar-refractivity contribution in [1.29, 1.82) is 0 Å². The van der Waals surface area contributed by atoms with Crippen molar-refractivity contribution in [3.05, 3.63) is 64.3 Å². The average molecular weight is 310 g/mol. The Morgan fingerprint density at radius 1 is 1.30 bits per heavy atom. The number of nitro groups is 1. The highest BCUT2D eigenvalue weighted by molar-refractivity contribution is 5.92. The Balaban J connectivity index is 1.83. The van der Waals surface area contributed by atoms with E-state index in [1.807, 2.05) is 31.2 Å². The van der Waals surface area contributed by atoms with Gasteiger partial charge in [0.25, 0.3) is 5.69 Å². The van der Waals surface area contributed by atoms with Gasteiger partial charge in [0.1, 0.15) is 6.54 Å². The molecule has 0 saturated carbocycles. The third-order valence-electron chi connectivity index (χ3n) is 3.55. The summed E-state index contributed by atoms with van der Waals surface area (Å²) in [6, 6.07) is 11.9. The summed E-state index contributed by atoms with van der Waals surface area (Å²) in [7, 11) is 0. The lowest BCUT2D eigenvalue weighted by molar-refractivity contribution is -0.384. The van der Waals surface area contributed by atoms with Crippen LogP contribution in [0.15, 0.2) is 48.7 Å². The highest BCUT2D eigenvalue weighted by Gasteiger charge is 2.12. The fourth-order valence-electron chi connectivity index (χ4n) is 2.34. The number of benzene rings is 2. The van der Waals surface area contributed by atoms with E-state index in [-0.39, 0.29) is 18.1 Å². The largest absolute Gasteiger partial charge is 0.324 e.